The SMILES string of the molecule is Cc1cc(-c2cc3ncccc3c(NCCC3=CCN=C3)n2)ccc1N(C)C.Cc1cc(-c2cc3ncccc3c(OS(=O)(=O)C(F)(F)F)n2)ccc1N(C)C.NCCc1cn[nH]c1. The quantitative estimate of drug-likeness (QED) is 0.0790. The fourth-order valence-electron chi connectivity index (χ4n) is 6.86. The van der Waals surface area contributed by atoms with E-state index in [1.165, 1.54) is 40.7 Å². The van der Waals surface area contributed by atoms with Crippen LogP contribution >= 0.6 is 0 Å². The minimum absolute atomic E-state index is 0.0562. The van der Waals surface area contributed by atoms with E-state index < -0.39 is 21.5 Å². The number of fused-ring (bicyclic) bond motifs is 2. The topological polar surface area (TPSA) is 181 Å². The summed E-state index contributed by atoms with van der Waals surface area (Å²) in [5.74, 6) is 0.206. The van der Waals surface area contributed by atoms with Gasteiger partial charge in [0.25, 0.3) is 0 Å². The summed E-state index contributed by atoms with van der Waals surface area (Å²) >= 11 is 0. The highest BCUT2D eigenvalue weighted by atomic mass is 32.2. The van der Waals surface area contributed by atoms with Gasteiger partial charge < -0.3 is 25.0 Å². The van der Waals surface area contributed by atoms with Crippen molar-refractivity contribution in [2.24, 2.45) is 10.7 Å². The molecule has 0 saturated heterocycles. The lowest BCUT2D eigenvalue weighted by atomic mass is 10.0. The summed E-state index contributed by atoms with van der Waals surface area (Å²) in [5, 5.41) is 11.1. The summed E-state index contributed by atoms with van der Waals surface area (Å²) in [5.41, 5.74) is 10.6. The number of aryl methyl sites for hydroxylation is 2. The van der Waals surface area contributed by atoms with Gasteiger partial charge in [-0.1, -0.05) is 18.2 Å². The predicted octanol–water partition coefficient (Wildman–Crippen LogP) is 8.29. The molecule has 64 heavy (non-hydrogen) atoms. The van der Waals surface area contributed by atoms with E-state index in [-0.39, 0.29) is 16.6 Å². The standard InChI is InChI=1S/C23H25N5.C18H16F3N3O3S.C5H9N3/c1-16-13-18(6-7-22(16)28(2)3)20-14-21-19(5-4-10-25-21)23(27-20)26-12-9-17-8-11-24-15-17;1-11-9-12(6-7-16(11)24(2)3)14-10-15-13(5-4-8-22-15)17(23-14)27-28(25,26)18(19,20)21;6-2-1-5-3-7-8-4-5/h4-8,10,13-15H,9,11-12H2,1-3H3,(H,26,27);4-10H,1-3H3;3-4H,1-2,6H2,(H,7,8). The number of halogens is 3. The fourth-order valence-corrected chi connectivity index (χ4v) is 7.29. The maximum absolute atomic E-state index is 12.8. The van der Waals surface area contributed by atoms with E-state index in [1.54, 1.807) is 24.4 Å². The van der Waals surface area contributed by atoms with Crippen molar-refractivity contribution in [2.45, 2.75) is 32.2 Å². The molecule has 14 nitrogen and oxygen atoms in total. The molecule has 1 aliphatic heterocycles. The van der Waals surface area contributed by atoms with Crippen molar-refractivity contribution in [3.63, 3.8) is 0 Å². The Morgan fingerprint density at radius 3 is 1.92 bits per heavy atom. The van der Waals surface area contributed by atoms with Crippen molar-refractivity contribution in [2.75, 3.05) is 62.9 Å². The van der Waals surface area contributed by atoms with Crippen molar-refractivity contribution in [3.05, 3.63) is 126 Å². The Labute approximate surface area is 370 Å². The molecule has 0 unspecified atom stereocenters. The molecule has 0 atom stereocenters. The lowest BCUT2D eigenvalue weighted by Gasteiger charge is -2.17. The van der Waals surface area contributed by atoms with E-state index in [4.69, 9.17) is 10.7 Å². The minimum atomic E-state index is -5.86. The van der Waals surface area contributed by atoms with Crippen LogP contribution in [0.3, 0.4) is 0 Å². The number of anilines is 3. The Bertz CT molecular complexity index is 2880. The van der Waals surface area contributed by atoms with Gasteiger partial charge in [-0.05, 0) is 116 Å². The van der Waals surface area contributed by atoms with Crippen LogP contribution in [0.1, 0.15) is 23.1 Å². The molecule has 5 aromatic heterocycles. The molecule has 334 valence electrons. The molecule has 0 spiro atoms. The number of rotatable bonds is 12. The van der Waals surface area contributed by atoms with Gasteiger partial charge >= 0.3 is 15.6 Å². The van der Waals surface area contributed by atoms with Crippen molar-refractivity contribution in [1.82, 2.24) is 30.1 Å². The number of nitrogens with two attached hydrogens (primary N) is 1. The van der Waals surface area contributed by atoms with E-state index in [0.717, 1.165) is 65.2 Å². The highest BCUT2D eigenvalue weighted by Gasteiger charge is 2.49. The molecule has 0 radical (unpaired) electrons. The van der Waals surface area contributed by atoms with Gasteiger partial charge in [-0.2, -0.15) is 26.7 Å². The first-order valence-corrected chi connectivity index (χ1v) is 21.6. The van der Waals surface area contributed by atoms with Crippen molar-refractivity contribution < 1.29 is 25.8 Å². The Morgan fingerprint density at radius 1 is 0.812 bits per heavy atom. The van der Waals surface area contributed by atoms with Gasteiger partial charge in [0.1, 0.15) is 5.82 Å². The molecule has 7 aromatic rings. The second-order valence-corrected chi connectivity index (χ2v) is 16.7. The van der Waals surface area contributed by atoms with Gasteiger partial charge in [0, 0.05) is 87.4 Å². The Balaban J connectivity index is 0.000000181. The zero-order valence-corrected chi connectivity index (χ0v) is 37.2. The summed E-state index contributed by atoms with van der Waals surface area (Å²) in [6, 6.07) is 22.3. The molecular weight excluding hydrogens is 844 g/mol. The molecule has 0 fully saturated rings. The Hall–Kier alpha value is -6.92. The number of pyridine rings is 4. The van der Waals surface area contributed by atoms with Crippen molar-refractivity contribution in [3.8, 4) is 28.4 Å². The molecule has 1 aliphatic rings. The zero-order chi connectivity index (χ0) is 46.0. The van der Waals surface area contributed by atoms with Crippen LogP contribution in [0.5, 0.6) is 5.88 Å². The van der Waals surface area contributed by atoms with E-state index >= 15 is 0 Å². The second kappa shape index (κ2) is 20.5. The average molecular weight is 894 g/mol. The smallest absolute Gasteiger partial charge is 0.377 e. The molecule has 18 heteroatoms. The first-order valence-electron chi connectivity index (χ1n) is 20.2. The molecule has 0 amide bonds. The first kappa shape index (κ1) is 46.6. The molecule has 4 N–H and O–H groups in total. The largest absolute Gasteiger partial charge is 0.534 e. The lowest BCUT2D eigenvalue weighted by molar-refractivity contribution is -0.0500. The molecule has 8 rings (SSSR count). The van der Waals surface area contributed by atoms with Crippen molar-refractivity contribution >= 4 is 55.3 Å². The van der Waals surface area contributed by atoms with E-state index in [0.29, 0.717) is 12.1 Å². The van der Waals surface area contributed by atoms with Crippen LogP contribution in [0.4, 0.5) is 30.4 Å². The number of aromatic nitrogens is 6. The summed E-state index contributed by atoms with van der Waals surface area (Å²) in [7, 11) is 2.03. The minimum Gasteiger partial charge on any atom is -0.377 e. The molecule has 2 aromatic carbocycles. The Kier molecular flexibility index (Phi) is 14.9. The summed E-state index contributed by atoms with van der Waals surface area (Å²) in [4.78, 5) is 25.9. The molecule has 0 saturated carbocycles. The van der Waals surface area contributed by atoms with Gasteiger partial charge in [0.15, 0.2) is 0 Å². The van der Waals surface area contributed by atoms with Crippen LogP contribution in [0.2, 0.25) is 0 Å². The maximum Gasteiger partial charge on any atom is 0.534 e. The predicted molar refractivity (Wildman–Crippen MR) is 250 cm³/mol. The number of benzene rings is 2. The number of hydrogen-bond acceptors (Lipinski definition) is 13. The van der Waals surface area contributed by atoms with Crippen LogP contribution in [0.15, 0.2) is 114 Å². The van der Waals surface area contributed by atoms with Crippen LogP contribution in [-0.2, 0) is 16.5 Å². The number of aromatic amines is 1. The fraction of sp³-hybridized carbons (Fsp3) is 0.261. The van der Waals surface area contributed by atoms with Crippen LogP contribution in [0.25, 0.3) is 44.3 Å². The normalized spacial score (nSPS) is 12.2. The lowest BCUT2D eigenvalue weighted by Crippen LogP contribution is -2.28. The zero-order valence-electron chi connectivity index (χ0n) is 36.3. The number of alkyl halides is 3. The summed E-state index contributed by atoms with van der Waals surface area (Å²) in [6.07, 6.45) is 12.9. The van der Waals surface area contributed by atoms with E-state index in [9.17, 15) is 21.6 Å². The number of aliphatic imine (C=N–C) groups is 1. The molecular formula is C46H50F3N11O3S. The molecule has 0 aliphatic carbocycles. The van der Waals surface area contributed by atoms with Gasteiger partial charge in [-0.25, -0.2) is 9.97 Å². The van der Waals surface area contributed by atoms with Gasteiger partial charge in [0.05, 0.1) is 40.5 Å². The Morgan fingerprint density at radius 2 is 1.41 bits per heavy atom. The van der Waals surface area contributed by atoms with E-state index in [1.807, 2.05) is 56.7 Å². The third-order valence-electron chi connectivity index (χ3n) is 9.99. The highest BCUT2D eigenvalue weighted by molar-refractivity contribution is 7.88. The second-order valence-electron chi connectivity index (χ2n) is 15.2. The van der Waals surface area contributed by atoms with Crippen LogP contribution in [-0.4, -0.2) is 98.1 Å². The number of H-pyrrole nitrogens is 1. The van der Waals surface area contributed by atoms with E-state index in [2.05, 4.69) is 102 Å². The summed E-state index contributed by atoms with van der Waals surface area (Å²) < 4.78 is 65.5. The van der Waals surface area contributed by atoms with Crippen LogP contribution < -0.4 is 25.0 Å². The monoisotopic (exact) mass is 893 g/mol. The highest BCUT2D eigenvalue weighted by Crippen LogP contribution is 2.34. The number of hydrogen-bond donors (Lipinski definition) is 3. The number of nitrogens with one attached hydrogen (secondary N) is 2. The van der Waals surface area contributed by atoms with Gasteiger partial charge in [0.2, 0.25) is 5.88 Å². The number of nitrogens with zero attached hydrogens (tertiary/aromatic N) is 8. The third kappa shape index (κ3) is 11.6. The van der Waals surface area contributed by atoms with Gasteiger partial charge in [-0.3, -0.25) is 20.1 Å². The average Bonchev–Trinajstić information content (AvgIpc) is 3.99. The third-order valence-corrected chi connectivity index (χ3v) is 10.9. The molecule has 0 bridgehead atoms. The van der Waals surface area contributed by atoms with Crippen molar-refractivity contribution in [1.29, 1.82) is 0 Å². The van der Waals surface area contributed by atoms with Crippen LogP contribution in [0, 0.1) is 13.8 Å². The summed E-state index contributed by atoms with van der Waals surface area (Å²) in [6.45, 7) is 6.33. The molecule has 6 heterocycles. The first-order chi connectivity index (χ1) is 30.5. The van der Waals surface area contributed by atoms with Gasteiger partial charge in [-0.15, -0.1) is 0 Å². The maximum atomic E-state index is 12.8.